The van der Waals surface area contributed by atoms with Gasteiger partial charge >= 0.3 is 0 Å². The van der Waals surface area contributed by atoms with Gasteiger partial charge in [-0.15, -0.1) is 0 Å². The summed E-state index contributed by atoms with van der Waals surface area (Å²) in [5.41, 5.74) is 0.668. The Kier molecular flexibility index (Phi) is 3.94. The molecule has 0 spiro atoms. The Hall–Kier alpha value is -1.88. The van der Waals surface area contributed by atoms with Gasteiger partial charge in [0.2, 0.25) is 5.91 Å². The van der Waals surface area contributed by atoms with Crippen LogP contribution in [0.4, 0.5) is 0 Å². The van der Waals surface area contributed by atoms with Gasteiger partial charge in [-0.3, -0.25) is 9.78 Å². The maximum atomic E-state index is 11.8. The minimum atomic E-state index is -0.418. The highest BCUT2D eigenvalue weighted by molar-refractivity contribution is 5.91. The monoisotopic (exact) mass is 248 g/mol. The molecule has 5 heteroatoms. The van der Waals surface area contributed by atoms with Crippen molar-refractivity contribution < 1.29 is 15.0 Å². The first kappa shape index (κ1) is 12.6. The van der Waals surface area contributed by atoms with Crippen LogP contribution in [0.25, 0.3) is 6.08 Å². The van der Waals surface area contributed by atoms with Gasteiger partial charge in [0.25, 0.3) is 0 Å². The van der Waals surface area contributed by atoms with Crippen LogP contribution >= 0.6 is 0 Å². The van der Waals surface area contributed by atoms with Crippen LogP contribution in [0.2, 0.25) is 0 Å². The lowest BCUT2D eigenvalue weighted by molar-refractivity contribution is -0.128. The molecule has 1 aliphatic rings. The molecule has 1 aromatic heterocycles. The van der Waals surface area contributed by atoms with Crippen molar-refractivity contribution in [1.29, 1.82) is 0 Å². The molecule has 0 saturated carbocycles. The lowest BCUT2D eigenvalue weighted by Gasteiger charge is -2.29. The molecule has 5 nitrogen and oxygen atoms in total. The first-order valence-corrected chi connectivity index (χ1v) is 5.94. The zero-order valence-corrected chi connectivity index (χ0v) is 9.99. The number of rotatable bonds is 2. The fraction of sp³-hybridized carbons (Fsp3) is 0.385. The van der Waals surface area contributed by atoms with E-state index in [-0.39, 0.29) is 11.7 Å². The van der Waals surface area contributed by atoms with Crippen molar-refractivity contribution in [2.75, 3.05) is 13.1 Å². The van der Waals surface area contributed by atoms with Crippen molar-refractivity contribution in [2.24, 2.45) is 0 Å². The minimum Gasteiger partial charge on any atom is -0.506 e. The number of hydrogen-bond acceptors (Lipinski definition) is 4. The van der Waals surface area contributed by atoms with Gasteiger partial charge in [-0.05, 0) is 30.5 Å². The third-order valence-electron chi connectivity index (χ3n) is 2.87. The summed E-state index contributed by atoms with van der Waals surface area (Å²) >= 11 is 0. The standard InChI is InChI=1S/C13H16N2O3/c16-11-2-1-5-15(9-11)13(18)4-3-10-6-12(17)8-14-7-10/h3-4,6-8,11,16-17H,1-2,5,9H2/b4-3+. The second-order valence-corrected chi connectivity index (χ2v) is 4.39. The third kappa shape index (κ3) is 3.30. The Morgan fingerprint density at radius 1 is 1.50 bits per heavy atom. The number of pyridine rings is 1. The average Bonchev–Trinajstić information content (AvgIpc) is 2.36. The van der Waals surface area contributed by atoms with Crippen molar-refractivity contribution in [3.05, 3.63) is 30.1 Å². The van der Waals surface area contributed by atoms with Crippen LogP contribution in [0.1, 0.15) is 18.4 Å². The van der Waals surface area contributed by atoms with Crippen molar-refractivity contribution in [3.63, 3.8) is 0 Å². The number of aromatic nitrogens is 1. The van der Waals surface area contributed by atoms with Crippen LogP contribution in [0.3, 0.4) is 0 Å². The summed E-state index contributed by atoms with van der Waals surface area (Å²) in [5.74, 6) is -0.0601. The zero-order chi connectivity index (χ0) is 13.0. The summed E-state index contributed by atoms with van der Waals surface area (Å²) in [7, 11) is 0. The van der Waals surface area contributed by atoms with Gasteiger partial charge < -0.3 is 15.1 Å². The summed E-state index contributed by atoms with van der Waals surface area (Å²) < 4.78 is 0. The van der Waals surface area contributed by atoms with E-state index in [1.54, 1.807) is 17.2 Å². The number of aromatic hydroxyl groups is 1. The number of carbonyl (C=O) groups excluding carboxylic acids is 1. The van der Waals surface area contributed by atoms with Crippen molar-refractivity contribution in [2.45, 2.75) is 18.9 Å². The van der Waals surface area contributed by atoms with Gasteiger partial charge in [0.05, 0.1) is 12.3 Å². The molecule has 1 aromatic rings. The van der Waals surface area contributed by atoms with Gasteiger partial charge in [-0.1, -0.05) is 0 Å². The molecule has 2 heterocycles. The number of β-amino-alcohol motifs (C(OH)–C–C–N with tert-alkyl or cyclic N) is 1. The molecule has 1 unspecified atom stereocenters. The smallest absolute Gasteiger partial charge is 0.246 e. The van der Waals surface area contributed by atoms with Crippen LogP contribution < -0.4 is 0 Å². The zero-order valence-electron chi connectivity index (χ0n) is 9.99. The maximum absolute atomic E-state index is 11.8. The number of aliphatic hydroxyl groups is 1. The van der Waals surface area contributed by atoms with E-state index in [1.165, 1.54) is 18.3 Å². The van der Waals surface area contributed by atoms with E-state index < -0.39 is 6.10 Å². The molecular weight excluding hydrogens is 232 g/mol. The molecule has 18 heavy (non-hydrogen) atoms. The molecule has 1 fully saturated rings. The first-order chi connectivity index (χ1) is 8.65. The summed E-state index contributed by atoms with van der Waals surface area (Å²) in [4.78, 5) is 17.3. The molecule has 1 atom stereocenters. The number of amides is 1. The Bertz CT molecular complexity index is 459. The number of piperidine rings is 1. The van der Waals surface area contributed by atoms with Crippen LogP contribution in [-0.2, 0) is 4.79 Å². The van der Waals surface area contributed by atoms with E-state index >= 15 is 0 Å². The number of likely N-dealkylation sites (tertiary alicyclic amines) is 1. The summed E-state index contributed by atoms with van der Waals surface area (Å²) in [6.45, 7) is 1.07. The van der Waals surface area contributed by atoms with Gasteiger partial charge in [0, 0.05) is 25.4 Å². The number of hydrogen-bond donors (Lipinski definition) is 2. The quantitative estimate of drug-likeness (QED) is 0.759. The predicted octanol–water partition coefficient (Wildman–Crippen LogP) is 0.784. The molecule has 0 aromatic carbocycles. The Morgan fingerprint density at radius 3 is 3.06 bits per heavy atom. The first-order valence-electron chi connectivity index (χ1n) is 5.94. The number of carbonyl (C=O) groups is 1. The summed E-state index contributed by atoms with van der Waals surface area (Å²) in [6.07, 6.45) is 7.11. The van der Waals surface area contributed by atoms with Crippen LogP contribution in [0.5, 0.6) is 5.75 Å². The van der Waals surface area contributed by atoms with E-state index in [2.05, 4.69) is 4.98 Å². The van der Waals surface area contributed by atoms with Crippen molar-refractivity contribution in [1.82, 2.24) is 9.88 Å². The second kappa shape index (κ2) is 5.64. The SMILES string of the molecule is O=C(/C=C/c1cncc(O)c1)N1CCCC(O)C1. The van der Waals surface area contributed by atoms with Gasteiger partial charge in [0.1, 0.15) is 5.75 Å². The summed E-state index contributed by atoms with van der Waals surface area (Å²) in [5, 5.41) is 18.7. The molecule has 2 N–H and O–H groups in total. The Balaban J connectivity index is 1.98. The van der Waals surface area contributed by atoms with Crippen LogP contribution in [0.15, 0.2) is 24.5 Å². The van der Waals surface area contributed by atoms with E-state index in [4.69, 9.17) is 0 Å². The van der Waals surface area contributed by atoms with E-state index in [0.29, 0.717) is 18.7 Å². The largest absolute Gasteiger partial charge is 0.506 e. The van der Waals surface area contributed by atoms with Crippen LogP contribution in [0, 0.1) is 0 Å². The average molecular weight is 248 g/mol. The third-order valence-corrected chi connectivity index (χ3v) is 2.87. The Morgan fingerprint density at radius 2 is 2.33 bits per heavy atom. The van der Waals surface area contributed by atoms with Gasteiger partial charge in [0.15, 0.2) is 0 Å². The van der Waals surface area contributed by atoms with E-state index in [9.17, 15) is 15.0 Å². The number of aliphatic hydroxyl groups excluding tert-OH is 1. The van der Waals surface area contributed by atoms with Crippen molar-refractivity contribution >= 4 is 12.0 Å². The molecular formula is C13H16N2O3. The fourth-order valence-corrected chi connectivity index (χ4v) is 1.96. The fourth-order valence-electron chi connectivity index (χ4n) is 1.96. The van der Waals surface area contributed by atoms with Gasteiger partial charge in [-0.2, -0.15) is 0 Å². The van der Waals surface area contributed by atoms with Crippen molar-refractivity contribution in [3.8, 4) is 5.75 Å². The normalized spacial score (nSPS) is 20.3. The molecule has 1 saturated heterocycles. The van der Waals surface area contributed by atoms with Gasteiger partial charge in [-0.25, -0.2) is 0 Å². The topological polar surface area (TPSA) is 73.7 Å². The lowest BCUT2D eigenvalue weighted by atomic mass is 10.1. The number of nitrogens with zero attached hydrogens (tertiary/aromatic N) is 2. The molecule has 2 rings (SSSR count). The molecule has 0 aliphatic carbocycles. The second-order valence-electron chi connectivity index (χ2n) is 4.39. The highest BCUT2D eigenvalue weighted by Crippen LogP contribution is 2.12. The summed E-state index contributed by atoms with van der Waals surface area (Å²) in [6, 6.07) is 1.53. The van der Waals surface area contributed by atoms with Crippen LogP contribution in [-0.4, -0.2) is 45.2 Å². The minimum absolute atomic E-state index is 0.0676. The molecule has 0 bridgehead atoms. The molecule has 1 aliphatic heterocycles. The lowest BCUT2D eigenvalue weighted by Crippen LogP contribution is -2.41. The molecule has 1 amide bonds. The van der Waals surface area contributed by atoms with E-state index in [1.807, 2.05) is 0 Å². The highest BCUT2D eigenvalue weighted by atomic mass is 16.3. The molecule has 0 radical (unpaired) electrons. The maximum Gasteiger partial charge on any atom is 0.246 e. The highest BCUT2D eigenvalue weighted by Gasteiger charge is 2.20. The van der Waals surface area contributed by atoms with E-state index in [0.717, 1.165) is 12.8 Å². The predicted molar refractivity (Wildman–Crippen MR) is 66.8 cm³/mol. The molecule has 96 valence electrons. The Labute approximate surface area is 105 Å².